The molecule has 1 aliphatic carbocycles. The van der Waals surface area contributed by atoms with Gasteiger partial charge in [-0.15, -0.1) is 0 Å². The number of fused-ring (bicyclic) bond motifs is 1. The van der Waals surface area contributed by atoms with E-state index < -0.39 is 35.1 Å². The molecule has 1 aliphatic rings. The van der Waals surface area contributed by atoms with Gasteiger partial charge in [0.05, 0.1) is 29.1 Å². The van der Waals surface area contributed by atoms with Crippen LogP contribution in [0.4, 0.5) is 0 Å². The van der Waals surface area contributed by atoms with Crippen LogP contribution in [0.2, 0.25) is 0 Å². The topological polar surface area (TPSA) is 124 Å². The minimum atomic E-state index is -1.56. The lowest BCUT2D eigenvalue weighted by molar-refractivity contribution is -0.129. The molecule has 4 N–H and O–H groups in total. The number of hydrogen-bond donors (Lipinski definition) is 4. The van der Waals surface area contributed by atoms with Crippen LogP contribution in [-0.2, 0) is 32.5 Å². The average Bonchev–Trinajstić information content (AvgIpc) is 3.88. The maximum absolute atomic E-state index is 13.9. The summed E-state index contributed by atoms with van der Waals surface area (Å²) >= 11 is 0. The molecule has 0 bridgehead atoms. The molecular weight excluding hydrogens is 611 g/mol. The van der Waals surface area contributed by atoms with Crippen molar-refractivity contribution in [2.75, 3.05) is 19.6 Å². The van der Waals surface area contributed by atoms with Crippen LogP contribution in [0.5, 0.6) is 0 Å². The monoisotopic (exact) mass is 655 g/mol. The molecule has 0 aliphatic heterocycles. The molecule has 1 aromatic heterocycles. The van der Waals surface area contributed by atoms with Gasteiger partial charge in [0.1, 0.15) is 17.0 Å². The van der Waals surface area contributed by atoms with E-state index in [4.69, 9.17) is 0 Å². The molecule has 0 spiro atoms. The molecule has 47 heavy (non-hydrogen) atoms. The third-order valence-electron chi connectivity index (χ3n) is 8.50. The third-order valence-corrected chi connectivity index (χ3v) is 9.92. The van der Waals surface area contributed by atoms with Crippen molar-refractivity contribution in [3.05, 3.63) is 108 Å². The van der Waals surface area contributed by atoms with Crippen LogP contribution in [0.15, 0.2) is 102 Å². The first-order valence-electron chi connectivity index (χ1n) is 16.3. The first-order chi connectivity index (χ1) is 22.6. The van der Waals surface area contributed by atoms with E-state index in [1.807, 2.05) is 86.6 Å². The Labute approximate surface area is 279 Å². The lowest BCUT2D eigenvalue weighted by atomic mass is 10.0. The minimum Gasteiger partial charge on any atom is -0.390 e. The Balaban J connectivity index is 1.25. The van der Waals surface area contributed by atoms with Crippen molar-refractivity contribution in [1.29, 1.82) is 0 Å². The highest BCUT2D eigenvalue weighted by atomic mass is 32.2. The number of nitrogens with one attached hydrogen (secondary N) is 3. The molecule has 2 unspecified atom stereocenters. The normalized spacial score (nSPS) is 16.4. The maximum Gasteiger partial charge on any atom is 0.242 e. The van der Waals surface area contributed by atoms with Crippen molar-refractivity contribution in [2.24, 2.45) is 5.92 Å². The average molecular weight is 656 g/mol. The number of amides is 2. The number of carbonyl (C=O) groups excluding carboxylic acids is 2. The van der Waals surface area contributed by atoms with E-state index >= 15 is 0 Å². The zero-order valence-electron chi connectivity index (χ0n) is 27.3. The molecule has 248 valence electrons. The molecule has 9 nitrogen and oxygen atoms in total. The molecule has 1 heterocycles. The molecule has 3 aromatic carbocycles. The van der Waals surface area contributed by atoms with Crippen LogP contribution in [0.1, 0.15) is 44.7 Å². The largest absolute Gasteiger partial charge is 0.390 e. The Kier molecular flexibility index (Phi) is 11.5. The molecule has 4 atom stereocenters. The first kappa shape index (κ1) is 34.4. The summed E-state index contributed by atoms with van der Waals surface area (Å²) in [5.41, 5.74) is 2.71. The summed E-state index contributed by atoms with van der Waals surface area (Å²) < 4.78 is 15.6. The van der Waals surface area contributed by atoms with Crippen molar-refractivity contribution >= 4 is 33.7 Å². The predicted molar refractivity (Wildman–Crippen MR) is 186 cm³/mol. The van der Waals surface area contributed by atoms with Crippen molar-refractivity contribution in [1.82, 2.24) is 25.2 Å². The van der Waals surface area contributed by atoms with Gasteiger partial charge in [-0.25, -0.2) is 8.51 Å². The highest BCUT2D eigenvalue weighted by Gasteiger charge is 2.44. The summed E-state index contributed by atoms with van der Waals surface area (Å²) in [5.74, 6) is -0.504. The Bertz CT molecular complexity index is 1670. The summed E-state index contributed by atoms with van der Waals surface area (Å²) in [4.78, 5) is 31.3. The van der Waals surface area contributed by atoms with Gasteiger partial charge in [0.2, 0.25) is 11.8 Å². The van der Waals surface area contributed by atoms with Crippen molar-refractivity contribution in [3.63, 3.8) is 0 Å². The second-order valence-electron chi connectivity index (χ2n) is 12.8. The fraction of sp³-hybridized carbons (Fsp3) is 0.378. The number of nitrogens with zero attached hydrogens (tertiary/aromatic N) is 2. The molecule has 4 aromatic rings. The van der Waals surface area contributed by atoms with Gasteiger partial charge in [-0.1, -0.05) is 80.6 Å². The van der Waals surface area contributed by atoms with Crippen LogP contribution in [-0.4, -0.2) is 68.2 Å². The van der Waals surface area contributed by atoms with Gasteiger partial charge in [0, 0.05) is 30.2 Å². The number of rotatable bonds is 16. The Morgan fingerprint density at radius 2 is 1.62 bits per heavy atom. The summed E-state index contributed by atoms with van der Waals surface area (Å²) in [5, 5.41) is 21.7. The molecular formula is C37H45N5O4S. The van der Waals surface area contributed by atoms with E-state index in [1.54, 1.807) is 23.5 Å². The van der Waals surface area contributed by atoms with Gasteiger partial charge in [0.25, 0.3) is 0 Å². The highest BCUT2D eigenvalue weighted by molar-refractivity contribution is 7.82. The number of aliphatic hydroxyl groups is 1. The summed E-state index contributed by atoms with van der Waals surface area (Å²) in [6, 6.07) is 27.5. The second kappa shape index (κ2) is 15.8. The van der Waals surface area contributed by atoms with Crippen LogP contribution < -0.4 is 16.0 Å². The number of benzene rings is 3. The van der Waals surface area contributed by atoms with E-state index in [0.717, 1.165) is 34.9 Å². The lowest BCUT2D eigenvalue weighted by Gasteiger charge is -2.31. The Morgan fingerprint density at radius 1 is 0.915 bits per heavy atom. The zero-order valence-corrected chi connectivity index (χ0v) is 28.1. The second-order valence-corrected chi connectivity index (χ2v) is 14.3. The number of hydrogen-bond acceptors (Lipinski definition) is 6. The summed E-state index contributed by atoms with van der Waals surface area (Å²) in [6.45, 7) is 6.34. The molecule has 1 fully saturated rings. The number of aliphatic hydroxyl groups excluding tert-OH is 1. The van der Waals surface area contributed by atoms with Gasteiger partial charge < -0.3 is 15.7 Å². The van der Waals surface area contributed by atoms with E-state index in [1.165, 1.54) is 0 Å². The third kappa shape index (κ3) is 9.32. The fourth-order valence-corrected chi connectivity index (χ4v) is 7.21. The quantitative estimate of drug-likeness (QED) is 0.144. The SMILES string of the molecule is CC(C)CN(C[C@@H](O)[C@H](Cc1ccccc1)NC(=O)C(C)NC(=O)CNC1(c2ccccc2)CC1)S(=O)c1ccc2ncccc2c1. The summed E-state index contributed by atoms with van der Waals surface area (Å²) in [7, 11) is -1.56. The molecule has 2 amide bonds. The Hall–Kier alpha value is -3.96. The van der Waals surface area contributed by atoms with E-state index in [0.29, 0.717) is 17.9 Å². The maximum atomic E-state index is 13.9. The van der Waals surface area contributed by atoms with Gasteiger partial charge in [0.15, 0.2) is 0 Å². The number of aromatic nitrogens is 1. The molecule has 1 saturated carbocycles. The van der Waals surface area contributed by atoms with Crippen molar-refractivity contribution in [2.45, 2.75) is 68.7 Å². The van der Waals surface area contributed by atoms with Gasteiger partial charge in [-0.05, 0) is 67.5 Å². The molecule has 0 radical (unpaired) electrons. The minimum absolute atomic E-state index is 0.0693. The highest BCUT2D eigenvalue weighted by Crippen LogP contribution is 2.45. The van der Waals surface area contributed by atoms with Crippen LogP contribution in [0.25, 0.3) is 10.9 Å². The van der Waals surface area contributed by atoms with Gasteiger partial charge in [-0.3, -0.25) is 19.9 Å². The van der Waals surface area contributed by atoms with Crippen LogP contribution >= 0.6 is 0 Å². The number of pyridine rings is 1. The smallest absolute Gasteiger partial charge is 0.242 e. The Morgan fingerprint density at radius 3 is 2.30 bits per heavy atom. The van der Waals surface area contributed by atoms with E-state index in [2.05, 4.69) is 33.1 Å². The lowest BCUT2D eigenvalue weighted by Crippen LogP contribution is -2.55. The summed E-state index contributed by atoms with van der Waals surface area (Å²) in [6.07, 6.45) is 2.94. The molecule has 0 saturated heterocycles. The molecule has 10 heteroatoms. The van der Waals surface area contributed by atoms with Crippen molar-refractivity contribution in [3.8, 4) is 0 Å². The first-order valence-corrected chi connectivity index (χ1v) is 17.4. The van der Waals surface area contributed by atoms with Crippen molar-refractivity contribution < 1.29 is 18.9 Å². The van der Waals surface area contributed by atoms with Crippen LogP contribution in [0, 0.1) is 5.92 Å². The van der Waals surface area contributed by atoms with E-state index in [9.17, 15) is 18.9 Å². The number of carbonyl (C=O) groups is 2. The predicted octanol–water partition coefficient (Wildman–Crippen LogP) is 4.09. The fourth-order valence-electron chi connectivity index (χ4n) is 5.78. The standard InChI is InChI=1S/C37H45N5O4S/c1-26(2)24-42(47(46)31-16-17-32-29(22-31)13-10-20-38-32)25-34(43)33(21-28-11-6-4-7-12-28)41-36(45)27(3)40-35(44)23-39-37(18-19-37)30-14-8-5-9-15-30/h4-17,20,22,26-27,33-34,39,43H,18-19,21,23-25H2,1-3H3,(H,40,44)(H,41,45)/t27?,33-,34+,47?/m0/s1. The van der Waals surface area contributed by atoms with E-state index in [-0.39, 0.29) is 30.5 Å². The van der Waals surface area contributed by atoms with Crippen LogP contribution in [0.3, 0.4) is 0 Å². The zero-order chi connectivity index (χ0) is 33.4. The molecule has 5 rings (SSSR count). The van der Waals surface area contributed by atoms with Gasteiger partial charge >= 0.3 is 0 Å². The van der Waals surface area contributed by atoms with Gasteiger partial charge in [-0.2, -0.15) is 0 Å².